The highest BCUT2D eigenvalue weighted by molar-refractivity contribution is 7.89. The summed E-state index contributed by atoms with van der Waals surface area (Å²) < 4.78 is 26.5. The molecule has 2 aliphatic rings. The molecule has 3 rings (SSSR count). The second kappa shape index (κ2) is 5.12. The summed E-state index contributed by atoms with van der Waals surface area (Å²) in [6.07, 6.45) is 0. The summed E-state index contributed by atoms with van der Waals surface area (Å²) >= 11 is 0. The van der Waals surface area contributed by atoms with Crippen LogP contribution in [0.4, 0.5) is 0 Å². The molecule has 0 saturated carbocycles. The SMILES string of the molecule is O=C1NC[C@@H]2CN(S(=O)(=O)c3ccccc3)CCN2C1=O. The number of carbonyl (C=O) groups is 2. The van der Waals surface area contributed by atoms with Crippen LogP contribution in [0.1, 0.15) is 0 Å². The van der Waals surface area contributed by atoms with Crippen LogP contribution in [0.15, 0.2) is 35.2 Å². The minimum Gasteiger partial charge on any atom is -0.346 e. The lowest BCUT2D eigenvalue weighted by Gasteiger charge is -2.42. The molecule has 1 aromatic rings. The number of fused-ring (bicyclic) bond motifs is 1. The van der Waals surface area contributed by atoms with Gasteiger partial charge in [0.15, 0.2) is 0 Å². The van der Waals surface area contributed by atoms with Crippen LogP contribution in [0.5, 0.6) is 0 Å². The van der Waals surface area contributed by atoms with Crippen LogP contribution < -0.4 is 5.32 Å². The van der Waals surface area contributed by atoms with E-state index in [0.29, 0.717) is 0 Å². The third-order valence-corrected chi connectivity index (χ3v) is 5.66. The number of benzene rings is 1. The van der Waals surface area contributed by atoms with Gasteiger partial charge in [-0.05, 0) is 12.1 Å². The lowest BCUT2D eigenvalue weighted by molar-refractivity contribution is -0.151. The first-order valence-electron chi connectivity index (χ1n) is 6.64. The molecule has 2 saturated heterocycles. The number of nitrogens with zero attached hydrogens (tertiary/aromatic N) is 2. The maximum atomic E-state index is 12.5. The van der Waals surface area contributed by atoms with Gasteiger partial charge in [-0.3, -0.25) is 9.59 Å². The van der Waals surface area contributed by atoms with Gasteiger partial charge >= 0.3 is 11.8 Å². The van der Waals surface area contributed by atoms with Crippen LogP contribution in [-0.4, -0.2) is 61.7 Å². The maximum Gasteiger partial charge on any atom is 0.312 e. The predicted octanol–water partition coefficient (Wildman–Crippen LogP) is -0.982. The van der Waals surface area contributed by atoms with E-state index in [4.69, 9.17) is 0 Å². The monoisotopic (exact) mass is 309 g/mol. The standard InChI is InChI=1S/C13H15N3O4S/c17-12-13(18)16-7-6-15(9-10(16)8-14-12)21(19,20)11-4-2-1-3-5-11/h1-5,10H,6-9H2,(H,14,17)/t10-/m1/s1. The van der Waals surface area contributed by atoms with E-state index in [2.05, 4.69) is 5.32 Å². The summed E-state index contributed by atoms with van der Waals surface area (Å²) in [5.74, 6) is -1.20. The zero-order valence-electron chi connectivity index (χ0n) is 11.2. The van der Waals surface area contributed by atoms with E-state index in [9.17, 15) is 18.0 Å². The highest BCUT2D eigenvalue weighted by Crippen LogP contribution is 2.21. The summed E-state index contributed by atoms with van der Waals surface area (Å²) in [5, 5.41) is 2.49. The summed E-state index contributed by atoms with van der Waals surface area (Å²) in [5.41, 5.74) is 0. The van der Waals surface area contributed by atoms with E-state index in [-0.39, 0.29) is 37.1 Å². The van der Waals surface area contributed by atoms with Gasteiger partial charge in [-0.1, -0.05) is 18.2 Å². The number of amides is 2. The molecule has 0 unspecified atom stereocenters. The van der Waals surface area contributed by atoms with Gasteiger partial charge in [-0.25, -0.2) is 8.42 Å². The van der Waals surface area contributed by atoms with Crippen molar-refractivity contribution in [2.24, 2.45) is 0 Å². The van der Waals surface area contributed by atoms with Crippen molar-refractivity contribution in [2.45, 2.75) is 10.9 Å². The minimum atomic E-state index is -3.56. The van der Waals surface area contributed by atoms with Crippen molar-refractivity contribution >= 4 is 21.8 Å². The van der Waals surface area contributed by atoms with E-state index in [0.717, 1.165) is 0 Å². The first-order valence-corrected chi connectivity index (χ1v) is 8.08. The Morgan fingerprint density at radius 2 is 1.81 bits per heavy atom. The van der Waals surface area contributed by atoms with Crippen molar-refractivity contribution < 1.29 is 18.0 Å². The van der Waals surface area contributed by atoms with E-state index in [1.807, 2.05) is 0 Å². The summed E-state index contributed by atoms with van der Waals surface area (Å²) in [6.45, 7) is 0.921. The molecule has 7 nitrogen and oxygen atoms in total. The van der Waals surface area contributed by atoms with Crippen molar-refractivity contribution in [3.05, 3.63) is 30.3 Å². The number of hydrogen-bond acceptors (Lipinski definition) is 4. The fraction of sp³-hybridized carbons (Fsp3) is 0.385. The molecule has 0 aromatic heterocycles. The zero-order valence-corrected chi connectivity index (χ0v) is 12.0. The second-order valence-electron chi connectivity index (χ2n) is 5.04. The Morgan fingerprint density at radius 1 is 1.10 bits per heavy atom. The largest absolute Gasteiger partial charge is 0.346 e. The third kappa shape index (κ3) is 2.40. The van der Waals surface area contributed by atoms with E-state index < -0.39 is 21.8 Å². The molecule has 0 radical (unpaired) electrons. The molecule has 1 atom stereocenters. The third-order valence-electron chi connectivity index (χ3n) is 3.78. The first kappa shape index (κ1) is 14.0. The normalized spacial score (nSPS) is 23.6. The highest BCUT2D eigenvalue weighted by Gasteiger charge is 2.40. The van der Waals surface area contributed by atoms with Crippen LogP contribution in [0, 0.1) is 0 Å². The molecule has 21 heavy (non-hydrogen) atoms. The fourth-order valence-corrected chi connectivity index (χ4v) is 4.13. The zero-order chi connectivity index (χ0) is 15.0. The predicted molar refractivity (Wildman–Crippen MR) is 73.7 cm³/mol. The Hall–Kier alpha value is -1.93. The van der Waals surface area contributed by atoms with Gasteiger partial charge in [0.2, 0.25) is 10.0 Å². The fourth-order valence-electron chi connectivity index (χ4n) is 2.65. The van der Waals surface area contributed by atoms with E-state index in [1.165, 1.54) is 9.21 Å². The lowest BCUT2D eigenvalue weighted by Crippen LogP contribution is -2.65. The van der Waals surface area contributed by atoms with Crippen molar-refractivity contribution in [2.75, 3.05) is 26.2 Å². The molecular weight excluding hydrogens is 294 g/mol. The molecular formula is C13H15N3O4S. The molecule has 112 valence electrons. The first-order chi connectivity index (χ1) is 10.00. The van der Waals surface area contributed by atoms with E-state index >= 15 is 0 Å². The van der Waals surface area contributed by atoms with E-state index in [1.54, 1.807) is 30.3 Å². The van der Waals surface area contributed by atoms with Gasteiger partial charge in [0, 0.05) is 26.2 Å². The molecule has 0 bridgehead atoms. The Morgan fingerprint density at radius 3 is 2.52 bits per heavy atom. The second-order valence-corrected chi connectivity index (χ2v) is 6.98. The molecule has 2 aliphatic heterocycles. The average Bonchev–Trinajstić information content (AvgIpc) is 2.51. The molecule has 8 heteroatoms. The number of rotatable bonds is 2. The maximum absolute atomic E-state index is 12.5. The smallest absolute Gasteiger partial charge is 0.312 e. The number of nitrogens with one attached hydrogen (secondary N) is 1. The van der Waals surface area contributed by atoms with Gasteiger partial charge in [0.25, 0.3) is 0 Å². The van der Waals surface area contributed by atoms with Crippen LogP contribution in [0.3, 0.4) is 0 Å². The van der Waals surface area contributed by atoms with Crippen molar-refractivity contribution in [3.8, 4) is 0 Å². The molecule has 0 aliphatic carbocycles. The van der Waals surface area contributed by atoms with Crippen LogP contribution >= 0.6 is 0 Å². The van der Waals surface area contributed by atoms with Gasteiger partial charge in [0.1, 0.15) is 0 Å². The molecule has 0 spiro atoms. The molecule has 2 amide bonds. The quantitative estimate of drug-likeness (QED) is 0.711. The minimum absolute atomic E-state index is 0.198. The molecule has 2 fully saturated rings. The molecule has 2 heterocycles. The van der Waals surface area contributed by atoms with Crippen LogP contribution in [-0.2, 0) is 19.6 Å². The number of piperazine rings is 2. The van der Waals surface area contributed by atoms with Crippen molar-refractivity contribution in [1.82, 2.24) is 14.5 Å². The average molecular weight is 309 g/mol. The molecule has 1 N–H and O–H groups in total. The Balaban J connectivity index is 1.81. The highest BCUT2D eigenvalue weighted by atomic mass is 32.2. The van der Waals surface area contributed by atoms with Crippen LogP contribution in [0.25, 0.3) is 0 Å². The van der Waals surface area contributed by atoms with Crippen LogP contribution in [0.2, 0.25) is 0 Å². The number of sulfonamides is 1. The lowest BCUT2D eigenvalue weighted by atomic mass is 10.1. The van der Waals surface area contributed by atoms with Crippen molar-refractivity contribution in [1.29, 1.82) is 0 Å². The molecule has 1 aromatic carbocycles. The topological polar surface area (TPSA) is 86.8 Å². The van der Waals surface area contributed by atoms with Gasteiger partial charge in [-0.2, -0.15) is 4.31 Å². The summed E-state index contributed by atoms with van der Waals surface area (Å²) in [4.78, 5) is 24.7. The van der Waals surface area contributed by atoms with Crippen molar-refractivity contribution in [3.63, 3.8) is 0 Å². The Kier molecular flexibility index (Phi) is 3.42. The Labute approximate surface area is 122 Å². The number of carbonyl (C=O) groups excluding carboxylic acids is 2. The van der Waals surface area contributed by atoms with Gasteiger partial charge < -0.3 is 10.2 Å². The summed E-state index contributed by atoms with van der Waals surface area (Å²) in [7, 11) is -3.56. The van der Waals surface area contributed by atoms with Gasteiger partial charge in [-0.15, -0.1) is 0 Å². The number of hydrogen-bond donors (Lipinski definition) is 1. The van der Waals surface area contributed by atoms with Gasteiger partial charge in [0.05, 0.1) is 10.9 Å². The Bertz CT molecular complexity index is 674. The summed E-state index contributed by atoms with van der Waals surface area (Å²) in [6, 6.07) is 7.90.